The number of benzene rings is 1. The zero-order chi connectivity index (χ0) is 17.1. The zero-order valence-electron chi connectivity index (χ0n) is 12.7. The van der Waals surface area contributed by atoms with Gasteiger partial charge in [0.05, 0.1) is 0 Å². The van der Waals surface area contributed by atoms with Crippen LogP contribution in [0.2, 0.25) is 5.02 Å². The number of nitrogens with two attached hydrogens (primary N) is 1. The summed E-state index contributed by atoms with van der Waals surface area (Å²) in [6.07, 6.45) is 3.11. The summed E-state index contributed by atoms with van der Waals surface area (Å²) >= 11 is 9.49. The van der Waals surface area contributed by atoms with Gasteiger partial charge in [0.1, 0.15) is 17.8 Å². The van der Waals surface area contributed by atoms with Crippen molar-refractivity contribution in [2.75, 3.05) is 16.4 Å². The number of hydrogen-bond acceptors (Lipinski definition) is 6. The largest absolute Gasteiger partial charge is 0.393 e. The molecule has 0 fully saturated rings. The van der Waals surface area contributed by atoms with Gasteiger partial charge >= 0.3 is 0 Å². The van der Waals surface area contributed by atoms with E-state index >= 15 is 0 Å². The van der Waals surface area contributed by atoms with Crippen molar-refractivity contribution in [1.29, 1.82) is 0 Å². The number of anilines is 5. The van der Waals surface area contributed by atoms with Gasteiger partial charge in [-0.2, -0.15) is 0 Å². The lowest BCUT2D eigenvalue weighted by molar-refractivity contribution is 1.16. The van der Waals surface area contributed by atoms with E-state index < -0.39 is 0 Å². The molecule has 0 atom stereocenters. The van der Waals surface area contributed by atoms with E-state index in [-0.39, 0.29) is 0 Å². The van der Waals surface area contributed by atoms with Gasteiger partial charge in [0.25, 0.3) is 0 Å². The fourth-order valence-electron chi connectivity index (χ4n) is 1.97. The first-order valence-electron chi connectivity index (χ1n) is 7.05. The van der Waals surface area contributed by atoms with E-state index in [2.05, 4.69) is 41.5 Å². The fraction of sp³-hybridized carbons (Fsp3) is 0.0625. The first-order chi connectivity index (χ1) is 11.5. The highest BCUT2D eigenvalue weighted by molar-refractivity contribution is 9.10. The zero-order valence-corrected chi connectivity index (χ0v) is 15.1. The van der Waals surface area contributed by atoms with E-state index in [1.54, 1.807) is 6.20 Å². The first-order valence-corrected chi connectivity index (χ1v) is 8.22. The number of hydrogen-bond donors (Lipinski definition) is 3. The molecule has 1 aromatic carbocycles. The molecule has 0 spiro atoms. The predicted octanol–water partition coefficient (Wildman–Crippen LogP) is 4.67. The van der Waals surface area contributed by atoms with Crippen LogP contribution in [0.5, 0.6) is 0 Å². The molecule has 8 heteroatoms. The van der Waals surface area contributed by atoms with E-state index in [0.717, 1.165) is 15.7 Å². The number of pyridine rings is 1. The molecular weight excluding hydrogens is 392 g/mol. The standard InChI is InChI=1S/C16H14BrClN6/c1-9-2-4-11(6-12(9)18)23-15-14(19)16(22-8-21-15)24-13-5-3-10(17)7-20-13/h2-8H,19H2,1H3,(H2,20,21,22,23,24). The third kappa shape index (κ3) is 3.74. The summed E-state index contributed by atoms with van der Waals surface area (Å²) in [6, 6.07) is 9.35. The quantitative estimate of drug-likeness (QED) is 0.585. The lowest BCUT2D eigenvalue weighted by Gasteiger charge is -2.12. The molecule has 0 bridgehead atoms. The summed E-state index contributed by atoms with van der Waals surface area (Å²) in [7, 11) is 0. The minimum Gasteiger partial charge on any atom is -0.393 e. The van der Waals surface area contributed by atoms with Gasteiger partial charge in [0.2, 0.25) is 0 Å². The smallest absolute Gasteiger partial charge is 0.160 e. The molecule has 0 unspecified atom stereocenters. The van der Waals surface area contributed by atoms with Crippen LogP contribution >= 0.6 is 27.5 Å². The van der Waals surface area contributed by atoms with Crippen molar-refractivity contribution >= 4 is 56.4 Å². The molecule has 24 heavy (non-hydrogen) atoms. The molecule has 0 saturated heterocycles. The van der Waals surface area contributed by atoms with Crippen LogP contribution in [-0.2, 0) is 0 Å². The molecule has 2 aromatic heterocycles. The summed E-state index contributed by atoms with van der Waals surface area (Å²) in [4.78, 5) is 12.6. The molecule has 0 aliphatic rings. The number of aryl methyl sites for hydroxylation is 1. The SMILES string of the molecule is Cc1ccc(Nc2ncnc(Nc3ccc(Br)cn3)c2N)cc1Cl. The van der Waals surface area contributed by atoms with E-state index in [0.29, 0.717) is 28.2 Å². The molecule has 6 nitrogen and oxygen atoms in total. The van der Waals surface area contributed by atoms with Gasteiger partial charge in [-0.05, 0) is 52.7 Å². The summed E-state index contributed by atoms with van der Waals surface area (Å²) in [6.45, 7) is 1.94. The van der Waals surface area contributed by atoms with Crippen LogP contribution < -0.4 is 16.4 Å². The van der Waals surface area contributed by atoms with Crippen LogP contribution in [0.1, 0.15) is 5.56 Å². The average molecular weight is 406 g/mol. The second-order valence-corrected chi connectivity index (χ2v) is 6.38. The molecule has 0 radical (unpaired) electrons. The Balaban J connectivity index is 1.84. The molecule has 0 saturated carbocycles. The Labute approximate surface area is 152 Å². The summed E-state index contributed by atoms with van der Waals surface area (Å²) < 4.78 is 0.891. The highest BCUT2D eigenvalue weighted by atomic mass is 79.9. The summed E-state index contributed by atoms with van der Waals surface area (Å²) in [5, 5.41) is 6.89. The Bertz CT molecular complexity index is 869. The van der Waals surface area contributed by atoms with Crippen LogP contribution in [0.3, 0.4) is 0 Å². The fourth-order valence-corrected chi connectivity index (χ4v) is 2.39. The van der Waals surface area contributed by atoms with Gasteiger partial charge < -0.3 is 16.4 Å². The summed E-state index contributed by atoms with van der Waals surface area (Å²) in [5.74, 6) is 1.60. The second-order valence-electron chi connectivity index (χ2n) is 5.06. The number of halogens is 2. The third-order valence-corrected chi connectivity index (χ3v) is 4.17. The monoisotopic (exact) mass is 404 g/mol. The molecule has 0 amide bonds. The Hall–Kier alpha value is -2.38. The molecule has 3 aromatic rings. The molecule has 4 N–H and O–H groups in total. The van der Waals surface area contributed by atoms with E-state index in [4.69, 9.17) is 17.3 Å². The van der Waals surface area contributed by atoms with Gasteiger partial charge in [0, 0.05) is 21.4 Å². The number of nitrogens with one attached hydrogen (secondary N) is 2. The molecule has 2 heterocycles. The average Bonchev–Trinajstić information content (AvgIpc) is 2.57. The first kappa shape index (κ1) is 16.5. The Morgan fingerprint density at radius 3 is 2.46 bits per heavy atom. The topological polar surface area (TPSA) is 88.8 Å². The van der Waals surface area contributed by atoms with Crippen LogP contribution in [0.15, 0.2) is 47.3 Å². The molecule has 0 aliphatic heterocycles. The van der Waals surface area contributed by atoms with Crippen molar-refractivity contribution in [1.82, 2.24) is 15.0 Å². The van der Waals surface area contributed by atoms with Gasteiger partial charge in [-0.1, -0.05) is 17.7 Å². The number of nitrogens with zero attached hydrogens (tertiary/aromatic N) is 3. The molecule has 3 rings (SSSR count). The highest BCUT2D eigenvalue weighted by Gasteiger charge is 2.10. The van der Waals surface area contributed by atoms with Crippen LogP contribution in [-0.4, -0.2) is 15.0 Å². The summed E-state index contributed by atoms with van der Waals surface area (Å²) in [5.41, 5.74) is 8.34. The Morgan fingerprint density at radius 1 is 1.04 bits per heavy atom. The number of rotatable bonds is 4. The predicted molar refractivity (Wildman–Crippen MR) is 101 cm³/mol. The van der Waals surface area contributed by atoms with E-state index in [9.17, 15) is 0 Å². The minimum atomic E-state index is 0.388. The number of nitrogen functional groups attached to an aromatic ring is 1. The van der Waals surface area contributed by atoms with Crippen LogP contribution in [0.4, 0.5) is 28.8 Å². The van der Waals surface area contributed by atoms with Gasteiger partial charge in [-0.15, -0.1) is 0 Å². The van der Waals surface area contributed by atoms with Crippen molar-refractivity contribution in [2.24, 2.45) is 0 Å². The second kappa shape index (κ2) is 7.02. The Kier molecular flexibility index (Phi) is 4.82. The third-order valence-electron chi connectivity index (χ3n) is 3.29. The molecule has 0 aliphatic carbocycles. The number of aromatic nitrogens is 3. The lowest BCUT2D eigenvalue weighted by atomic mass is 10.2. The van der Waals surface area contributed by atoms with E-state index in [1.807, 2.05) is 37.3 Å². The Morgan fingerprint density at radius 2 is 1.79 bits per heavy atom. The maximum absolute atomic E-state index is 6.16. The highest BCUT2D eigenvalue weighted by Crippen LogP contribution is 2.29. The van der Waals surface area contributed by atoms with Crippen molar-refractivity contribution in [3.8, 4) is 0 Å². The maximum Gasteiger partial charge on any atom is 0.160 e. The molecule has 122 valence electrons. The van der Waals surface area contributed by atoms with Crippen LogP contribution in [0, 0.1) is 6.92 Å². The van der Waals surface area contributed by atoms with Crippen molar-refractivity contribution < 1.29 is 0 Å². The van der Waals surface area contributed by atoms with Crippen molar-refractivity contribution in [3.05, 3.63) is 57.9 Å². The van der Waals surface area contributed by atoms with Gasteiger partial charge in [-0.3, -0.25) is 0 Å². The lowest BCUT2D eigenvalue weighted by Crippen LogP contribution is -2.05. The van der Waals surface area contributed by atoms with Crippen LogP contribution in [0.25, 0.3) is 0 Å². The maximum atomic E-state index is 6.16. The van der Waals surface area contributed by atoms with Gasteiger partial charge in [0.15, 0.2) is 11.6 Å². The molecular formula is C16H14BrClN6. The normalized spacial score (nSPS) is 10.5. The van der Waals surface area contributed by atoms with Crippen molar-refractivity contribution in [2.45, 2.75) is 6.92 Å². The van der Waals surface area contributed by atoms with E-state index in [1.165, 1.54) is 6.33 Å². The van der Waals surface area contributed by atoms with Gasteiger partial charge in [-0.25, -0.2) is 15.0 Å². The minimum absolute atomic E-state index is 0.388. The van der Waals surface area contributed by atoms with Crippen molar-refractivity contribution in [3.63, 3.8) is 0 Å².